The van der Waals surface area contributed by atoms with E-state index in [0.717, 1.165) is 10.6 Å². The van der Waals surface area contributed by atoms with E-state index in [4.69, 9.17) is 9.57 Å². The highest BCUT2D eigenvalue weighted by Crippen LogP contribution is 2.43. The number of phenols is 1. The van der Waals surface area contributed by atoms with E-state index in [2.05, 4.69) is 0 Å². The van der Waals surface area contributed by atoms with Crippen molar-refractivity contribution in [3.8, 4) is 11.5 Å². The highest BCUT2D eigenvalue weighted by atomic mass is 16.7. The Labute approximate surface area is 106 Å². The summed E-state index contributed by atoms with van der Waals surface area (Å²) in [6, 6.07) is 3.40. The Morgan fingerprint density at radius 3 is 2.78 bits per heavy atom. The van der Waals surface area contributed by atoms with Crippen molar-refractivity contribution in [2.75, 3.05) is 14.2 Å². The molecule has 1 aromatic rings. The molecule has 0 saturated heterocycles. The number of carbonyl (C=O) groups excluding carboxylic acids is 1. The Kier molecular flexibility index (Phi) is 2.94. The molecule has 2 rings (SSSR count). The fraction of sp³-hybridized carbons (Fsp3) is 0.462. The molecular weight excluding hydrogens is 234 g/mol. The van der Waals surface area contributed by atoms with Crippen LogP contribution in [-0.2, 0) is 11.3 Å². The number of carbonyl (C=O) groups is 1. The van der Waals surface area contributed by atoms with Crippen LogP contribution in [0.25, 0.3) is 0 Å². The molecule has 1 N–H and O–H groups in total. The second kappa shape index (κ2) is 4.17. The lowest BCUT2D eigenvalue weighted by Crippen LogP contribution is -2.25. The molecule has 18 heavy (non-hydrogen) atoms. The lowest BCUT2D eigenvalue weighted by atomic mass is 10.0. The van der Waals surface area contributed by atoms with Crippen LogP contribution in [0.1, 0.15) is 29.8 Å². The van der Waals surface area contributed by atoms with Gasteiger partial charge in [-0.05, 0) is 19.9 Å². The van der Waals surface area contributed by atoms with Gasteiger partial charge in [0.1, 0.15) is 5.60 Å². The van der Waals surface area contributed by atoms with Gasteiger partial charge >= 0.3 is 0 Å². The van der Waals surface area contributed by atoms with E-state index in [1.807, 2.05) is 13.8 Å². The minimum absolute atomic E-state index is 0.119. The Hall–Kier alpha value is -1.75. The van der Waals surface area contributed by atoms with Gasteiger partial charge in [-0.1, -0.05) is 6.07 Å². The molecular formula is C13H17NO4. The summed E-state index contributed by atoms with van der Waals surface area (Å²) in [4.78, 5) is 16.8. The van der Waals surface area contributed by atoms with Crippen LogP contribution >= 0.6 is 0 Å². The summed E-state index contributed by atoms with van der Waals surface area (Å²) in [5.74, 6) is -0.131. The maximum atomic E-state index is 11.9. The molecule has 5 heteroatoms. The van der Waals surface area contributed by atoms with Crippen molar-refractivity contribution >= 4 is 5.91 Å². The van der Waals surface area contributed by atoms with Gasteiger partial charge < -0.3 is 9.84 Å². The van der Waals surface area contributed by atoms with E-state index >= 15 is 0 Å². The second-order valence-electron chi connectivity index (χ2n) is 4.97. The van der Waals surface area contributed by atoms with Gasteiger partial charge in [0.05, 0.1) is 12.7 Å². The van der Waals surface area contributed by atoms with Crippen LogP contribution in [0.5, 0.6) is 11.5 Å². The number of benzene rings is 1. The molecule has 1 heterocycles. The Bertz CT molecular complexity index is 496. The number of hydrogen-bond acceptors (Lipinski definition) is 4. The summed E-state index contributed by atoms with van der Waals surface area (Å²) in [5, 5.41) is 11.2. The van der Waals surface area contributed by atoms with Crippen molar-refractivity contribution < 1.29 is 19.5 Å². The van der Waals surface area contributed by atoms with Crippen LogP contribution in [0.4, 0.5) is 0 Å². The van der Waals surface area contributed by atoms with E-state index < -0.39 is 5.91 Å². The van der Waals surface area contributed by atoms with Crippen molar-refractivity contribution in [2.45, 2.75) is 25.9 Å². The molecule has 0 aliphatic carbocycles. The molecule has 98 valence electrons. The summed E-state index contributed by atoms with van der Waals surface area (Å²) in [5.41, 5.74) is 0.735. The number of rotatable bonds is 2. The SMILES string of the molecule is CON(C)C(=O)c1ccc2c(c1O)OC(C)(C)C2. The molecule has 0 saturated carbocycles. The van der Waals surface area contributed by atoms with Crippen LogP contribution in [0.15, 0.2) is 12.1 Å². The molecule has 1 aliphatic heterocycles. The Balaban J connectivity index is 2.41. The number of hydrogen-bond donors (Lipinski definition) is 1. The monoisotopic (exact) mass is 251 g/mol. The van der Waals surface area contributed by atoms with Gasteiger partial charge in [-0.2, -0.15) is 0 Å². The number of ether oxygens (including phenoxy) is 1. The lowest BCUT2D eigenvalue weighted by molar-refractivity contribution is -0.0758. The minimum Gasteiger partial charge on any atom is -0.504 e. The molecule has 0 bridgehead atoms. The highest BCUT2D eigenvalue weighted by molar-refractivity contribution is 5.97. The first kappa shape index (κ1) is 12.7. The number of amides is 1. The first-order valence-electron chi connectivity index (χ1n) is 5.72. The maximum Gasteiger partial charge on any atom is 0.281 e. The van der Waals surface area contributed by atoms with Crippen molar-refractivity contribution in [3.63, 3.8) is 0 Å². The summed E-state index contributed by atoms with van der Waals surface area (Å²) in [6.45, 7) is 3.88. The van der Waals surface area contributed by atoms with Gasteiger partial charge in [0.15, 0.2) is 11.5 Å². The summed E-state index contributed by atoms with van der Waals surface area (Å²) >= 11 is 0. The number of phenolic OH excluding ortho intramolecular Hbond substituents is 1. The van der Waals surface area contributed by atoms with Crippen LogP contribution in [0.2, 0.25) is 0 Å². The van der Waals surface area contributed by atoms with Crippen molar-refractivity contribution in [1.29, 1.82) is 0 Å². The van der Waals surface area contributed by atoms with Gasteiger partial charge in [0, 0.05) is 19.0 Å². The van der Waals surface area contributed by atoms with Crippen molar-refractivity contribution in [2.24, 2.45) is 0 Å². The van der Waals surface area contributed by atoms with E-state index in [9.17, 15) is 9.90 Å². The lowest BCUT2D eigenvalue weighted by Gasteiger charge is -2.18. The minimum atomic E-state index is -0.411. The van der Waals surface area contributed by atoms with E-state index in [-0.39, 0.29) is 16.9 Å². The molecule has 0 aromatic heterocycles. The Morgan fingerprint density at radius 2 is 2.17 bits per heavy atom. The van der Waals surface area contributed by atoms with Crippen LogP contribution in [0, 0.1) is 0 Å². The third-order valence-electron chi connectivity index (χ3n) is 3.00. The summed E-state index contributed by atoms with van der Waals surface area (Å²) < 4.78 is 5.67. The third kappa shape index (κ3) is 2.01. The molecule has 0 fully saturated rings. The zero-order valence-electron chi connectivity index (χ0n) is 11.0. The van der Waals surface area contributed by atoms with Gasteiger partial charge in [0.2, 0.25) is 0 Å². The normalized spacial score (nSPS) is 16.0. The first-order chi connectivity index (χ1) is 8.35. The number of aromatic hydroxyl groups is 1. The molecule has 0 atom stereocenters. The zero-order valence-corrected chi connectivity index (χ0v) is 11.0. The molecule has 0 spiro atoms. The molecule has 0 unspecified atom stereocenters. The summed E-state index contributed by atoms with van der Waals surface area (Å²) in [7, 11) is 2.88. The standard InChI is InChI=1S/C13H17NO4/c1-13(2)7-8-5-6-9(10(15)11(8)18-13)12(16)14(3)17-4/h5-6,15H,7H2,1-4H3. The zero-order chi connectivity index (χ0) is 13.5. The molecule has 1 amide bonds. The third-order valence-corrected chi connectivity index (χ3v) is 3.00. The molecule has 1 aliphatic rings. The topological polar surface area (TPSA) is 59.0 Å². The highest BCUT2D eigenvalue weighted by Gasteiger charge is 2.34. The largest absolute Gasteiger partial charge is 0.504 e. The number of fused-ring (bicyclic) bond motifs is 1. The van der Waals surface area contributed by atoms with Crippen LogP contribution < -0.4 is 4.74 Å². The van der Waals surface area contributed by atoms with Gasteiger partial charge in [-0.25, -0.2) is 5.06 Å². The average Bonchev–Trinajstić information content (AvgIpc) is 2.63. The summed E-state index contributed by atoms with van der Waals surface area (Å²) in [6.07, 6.45) is 0.713. The Morgan fingerprint density at radius 1 is 1.50 bits per heavy atom. The van der Waals surface area contributed by atoms with E-state index in [0.29, 0.717) is 12.2 Å². The van der Waals surface area contributed by atoms with Crippen LogP contribution in [-0.4, -0.2) is 35.8 Å². The van der Waals surface area contributed by atoms with E-state index in [1.54, 1.807) is 12.1 Å². The second-order valence-corrected chi connectivity index (χ2v) is 4.97. The molecule has 1 aromatic carbocycles. The fourth-order valence-corrected chi connectivity index (χ4v) is 2.06. The number of hydroxylamine groups is 2. The van der Waals surface area contributed by atoms with Gasteiger partial charge in [0.25, 0.3) is 5.91 Å². The van der Waals surface area contributed by atoms with Crippen LogP contribution in [0.3, 0.4) is 0 Å². The quantitative estimate of drug-likeness (QED) is 0.813. The van der Waals surface area contributed by atoms with Crippen molar-refractivity contribution in [1.82, 2.24) is 5.06 Å². The van der Waals surface area contributed by atoms with E-state index in [1.165, 1.54) is 14.2 Å². The predicted octanol–water partition coefficient (Wildman–Crippen LogP) is 1.74. The fourth-order valence-electron chi connectivity index (χ4n) is 2.06. The molecule has 0 radical (unpaired) electrons. The van der Waals surface area contributed by atoms with Crippen molar-refractivity contribution in [3.05, 3.63) is 23.3 Å². The smallest absolute Gasteiger partial charge is 0.281 e. The average molecular weight is 251 g/mol. The van der Waals surface area contributed by atoms with Gasteiger partial charge in [-0.15, -0.1) is 0 Å². The molecule has 5 nitrogen and oxygen atoms in total. The first-order valence-corrected chi connectivity index (χ1v) is 5.72. The van der Waals surface area contributed by atoms with Gasteiger partial charge in [-0.3, -0.25) is 9.63 Å². The number of nitrogens with zero attached hydrogens (tertiary/aromatic N) is 1. The predicted molar refractivity (Wildman–Crippen MR) is 65.6 cm³/mol. The maximum absolute atomic E-state index is 11.9.